The number of benzene rings is 1. The molecule has 0 N–H and O–H groups in total. The first-order valence-electron chi connectivity index (χ1n) is 3.40. The molecule has 0 radical (unpaired) electrons. The predicted octanol–water partition coefficient (Wildman–Crippen LogP) is -1.63. The van der Waals surface area contributed by atoms with E-state index in [1.54, 1.807) is 0 Å². The zero-order chi connectivity index (χ0) is 13.0. The van der Waals surface area contributed by atoms with Gasteiger partial charge in [0.15, 0.2) is 0 Å². The van der Waals surface area contributed by atoms with Gasteiger partial charge in [-0.3, -0.25) is 7.32 Å². The summed E-state index contributed by atoms with van der Waals surface area (Å²) in [6.45, 7) is 6.43. The van der Waals surface area contributed by atoms with Crippen LogP contribution in [0.3, 0.4) is 0 Å². The minimum Gasteiger partial charge on any atom is -0.907 e. The van der Waals surface area contributed by atoms with Crippen LogP contribution in [0, 0.1) is 36.0 Å². The summed E-state index contributed by atoms with van der Waals surface area (Å²) in [7, 11) is -2.92. The van der Waals surface area contributed by atoms with Crippen molar-refractivity contribution in [3.63, 3.8) is 0 Å². The Bertz CT molecular complexity index is 277. The van der Waals surface area contributed by atoms with E-state index in [2.05, 4.69) is 0 Å². The molecule has 1 aromatic rings. The van der Waals surface area contributed by atoms with Crippen molar-refractivity contribution in [2.45, 2.75) is 0 Å². The second-order valence-electron chi connectivity index (χ2n) is 2.23. The fourth-order valence-corrected chi connectivity index (χ4v) is 0.605. The molecule has 0 aliphatic rings. The third kappa shape index (κ3) is 3.44. The summed E-state index contributed by atoms with van der Waals surface area (Å²) in [6.07, 6.45) is 0. The average Bonchev–Trinajstić information content (AvgIpc) is 2.20. The smallest absolute Gasteiger partial charge is 0.278 e. The van der Waals surface area contributed by atoms with Gasteiger partial charge in [0.1, 0.15) is 0 Å². The number of hydrogen-bond acceptors (Lipinski definition) is 3. The molecule has 16 heavy (non-hydrogen) atoms. The maximum atomic E-state index is 12.2. The molecule has 0 unspecified atom stereocenters. The topological polar surface area (TPSA) is 69.2 Å². The summed E-state index contributed by atoms with van der Waals surface area (Å²) in [5.41, 5.74) is -1.62. The fraction of sp³-hybridized carbons (Fsp3) is 0. The van der Waals surface area contributed by atoms with E-state index in [1.165, 1.54) is 0 Å². The molecule has 0 aliphatic heterocycles. The molecule has 1 rings (SSSR count). The molecule has 0 saturated carbocycles. The normalized spacial score (nSPS) is 9.62. The van der Waals surface area contributed by atoms with E-state index in [9.17, 15) is 22.0 Å². The van der Waals surface area contributed by atoms with E-state index in [1.807, 2.05) is 0 Å². The van der Waals surface area contributed by atoms with Gasteiger partial charge >= 0.3 is 63.5 Å². The van der Waals surface area contributed by atoms with E-state index >= 15 is 0 Å². The van der Waals surface area contributed by atoms with E-state index in [-0.39, 0.29) is 0 Å². The number of halogens is 5. The number of hydrogen-bond donors (Lipinski definition) is 0. The SMILES string of the molecule is [C+3]c1c(F)c(F)c(F)c(F)c1F.[O-]B([O-])[O-]. The maximum absolute atomic E-state index is 12.2. The summed E-state index contributed by atoms with van der Waals surface area (Å²) in [4.78, 5) is 0. The van der Waals surface area contributed by atoms with Crippen LogP contribution in [0.4, 0.5) is 22.0 Å². The van der Waals surface area contributed by atoms with Gasteiger partial charge in [0.05, 0.1) is 0 Å². The van der Waals surface area contributed by atoms with Gasteiger partial charge in [-0.25, -0.2) is 0 Å². The molecule has 0 saturated heterocycles. The second kappa shape index (κ2) is 5.78. The van der Waals surface area contributed by atoms with Crippen LogP contribution in [0.25, 0.3) is 0 Å². The minimum atomic E-state index is -2.92. The van der Waals surface area contributed by atoms with Gasteiger partial charge in [0, 0.05) is 0 Å². The van der Waals surface area contributed by atoms with Crippen molar-refractivity contribution in [2.24, 2.45) is 0 Å². The molecule has 1 aromatic carbocycles. The van der Waals surface area contributed by atoms with Crippen LogP contribution in [0.5, 0.6) is 0 Å². The third-order valence-electron chi connectivity index (χ3n) is 1.21. The van der Waals surface area contributed by atoms with E-state index in [0.29, 0.717) is 0 Å². The molecule has 0 heterocycles. The van der Waals surface area contributed by atoms with Crippen LogP contribution in [0.2, 0.25) is 0 Å². The first-order valence-corrected chi connectivity index (χ1v) is 3.40. The zero-order valence-electron chi connectivity index (χ0n) is 7.19. The Labute approximate surface area is 86.9 Å². The third-order valence-corrected chi connectivity index (χ3v) is 1.21. The summed E-state index contributed by atoms with van der Waals surface area (Å²) in [6, 6.07) is 0. The Hall–Kier alpha value is -1.19. The zero-order valence-corrected chi connectivity index (χ0v) is 7.19. The number of rotatable bonds is 0. The average molecular weight is 238 g/mol. The van der Waals surface area contributed by atoms with Crippen LogP contribution < -0.4 is 15.1 Å². The molecule has 0 bridgehead atoms. The molecule has 0 aliphatic carbocycles. The molecule has 0 aromatic heterocycles. The first kappa shape index (κ1) is 14.8. The molecule has 3 nitrogen and oxygen atoms in total. The molecule has 0 fully saturated rings. The molecular weight excluding hydrogens is 238 g/mol. The van der Waals surface area contributed by atoms with Crippen molar-refractivity contribution in [1.29, 1.82) is 0 Å². The van der Waals surface area contributed by atoms with Gasteiger partial charge in [-0.1, -0.05) is 0 Å². The van der Waals surface area contributed by atoms with Crippen molar-refractivity contribution in [2.75, 3.05) is 0 Å². The Morgan fingerprint density at radius 3 is 1.12 bits per heavy atom. The summed E-state index contributed by atoms with van der Waals surface area (Å²) >= 11 is 0. The first-order chi connectivity index (χ1) is 7.20. The van der Waals surface area contributed by atoms with Gasteiger partial charge in [-0.05, 0) is 0 Å². The van der Waals surface area contributed by atoms with Crippen molar-refractivity contribution >= 4 is 7.32 Å². The van der Waals surface area contributed by atoms with E-state index < -0.39 is 42.0 Å². The van der Waals surface area contributed by atoms with E-state index in [0.717, 1.165) is 0 Å². The van der Waals surface area contributed by atoms with Gasteiger partial charge in [0.25, 0.3) is 0 Å². The molecular formula is C7BF5O3. The Kier molecular flexibility index (Phi) is 5.35. The summed E-state index contributed by atoms with van der Waals surface area (Å²) in [5, 5.41) is 25.2. The van der Waals surface area contributed by atoms with Crippen LogP contribution in [0.1, 0.15) is 5.56 Å². The molecule has 0 amide bonds. The van der Waals surface area contributed by atoms with Crippen molar-refractivity contribution in [3.05, 3.63) is 41.6 Å². The van der Waals surface area contributed by atoms with Crippen LogP contribution in [-0.2, 0) is 0 Å². The van der Waals surface area contributed by atoms with E-state index in [4.69, 9.17) is 22.0 Å². The second-order valence-corrected chi connectivity index (χ2v) is 2.23. The Morgan fingerprint density at radius 1 is 0.688 bits per heavy atom. The van der Waals surface area contributed by atoms with Crippen LogP contribution >= 0.6 is 0 Å². The molecule has 0 spiro atoms. The van der Waals surface area contributed by atoms with Crippen molar-refractivity contribution < 1.29 is 37.0 Å². The minimum absolute atomic E-state index is 1.62. The quantitative estimate of drug-likeness (QED) is 0.236. The largest absolute Gasteiger partial charge is 0.907 e. The van der Waals surface area contributed by atoms with Gasteiger partial charge < -0.3 is 15.1 Å². The molecule has 9 heteroatoms. The summed E-state index contributed by atoms with van der Waals surface area (Å²) in [5.74, 6) is -10.7. The predicted molar refractivity (Wildman–Crippen MR) is 34.3 cm³/mol. The van der Waals surface area contributed by atoms with Crippen LogP contribution in [-0.4, -0.2) is 7.32 Å². The van der Waals surface area contributed by atoms with Gasteiger partial charge in [0.2, 0.25) is 0 Å². The van der Waals surface area contributed by atoms with Crippen molar-refractivity contribution in [1.82, 2.24) is 0 Å². The monoisotopic (exact) mass is 238 g/mol. The fourth-order valence-electron chi connectivity index (χ4n) is 0.605. The Morgan fingerprint density at radius 2 is 0.875 bits per heavy atom. The van der Waals surface area contributed by atoms with Gasteiger partial charge in [-0.2, -0.15) is 0 Å². The Balaban J connectivity index is 0.000000487. The summed E-state index contributed by atoms with van der Waals surface area (Å²) < 4.78 is 60.9. The maximum Gasteiger partial charge on any atom is -0.278 e. The van der Waals surface area contributed by atoms with Crippen molar-refractivity contribution in [3.8, 4) is 0 Å². The van der Waals surface area contributed by atoms with Gasteiger partial charge in [-0.15, -0.1) is 0 Å². The van der Waals surface area contributed by atoms with Crippen LogP contribution in [0.15, 0.2) is 0 Å². The standard InChI is InChI=1S/C7F5.BO3/c1-2-3(8)5(10)7(12)6(11)4(2)9;2-1(3)4/q+3;-3. The molecule has 0 atom stereocenters. The molecule has 84 valence electrons.